The molecular weight excluding hydrogens is 414 g/mol. The molecule has 0 radical (unpaired) electrons. The zero-order chi connectivity index (χ0) is 23.7. The number of allylic oxidation sites excluding steroid dienone is 1. The van der Waals surface area contributed by atoms with Crippen molar-refractivity contribution in [2.45, 2.75) is 51.9 Å². The number of ether oxygens (including phenoxy) is 1. The van der Waals surface area contributed by atoms with Crippen molar-refractivity contribution in [2.24, 2.45) is 11.6 Å². The van der Waals surface area contributed by atoms with Crippen molar-refractivity contribution in [2.75, 3.05) is 12.1 Å². The number of nitrogens with two attached hydrogens (primary N) is 2. The molecule has 0 amide bonds. The SMILES string of the molecule is COc1cc(C(C)=O)c(C)cc1N(N)/C(C)=C(\N)S(=O)(=O)c1ccc(C(C)(C)C)cc1. The van der Waals surface area contributed by atoms with Gasteiger partial charge < -0.3 is 10.5 Å². The fraction of sp³-hybridized carbons (Fsp3) is 0.348. The number of nitrogens with zero attached hydrogens (tertiary/aromatic N) is 1. The Morgan fingerprint density at radius 1 is 1.06 bits per heavy atom. The number of carbonyl (C=O) groups excluding carboxylic acids is 1. The molecule has 2 rings (SSSR count). The standard InChI is InChI=1S/C23H31N3O4S/c1-14-12-20(21(30-7)13-19(14)16(3)27)26(25)15(2)22(24)31(28,29)18-10-8-17(9-11-18)23(4,5)6/h8-13H,24-25H2,1-7H3/b22-15+. The van der Waals surface area contributed by atoms with Gasteiger partial charge in [-0.3, -0.25) is 9.80 Å². The Kier molecular flexibility index (Phi) is 6.87. The van der Waals surface area contributed by atoms with Crippen LogP contribution >= 0.6 is 0 Å². The highest BCUT2D eigenvalue weighted by Crippen LogP contribution is 2.33. The summed E-state index contributed by atoms with van der Waals surface area (Å²) in [5.41, 5.74) is 8.69. The van der Waals surface area contributed by atoms with Gasteiger partial charge in [0.05, 0.1) is 23.4 Å². The third-order valence-electron chi connectivity index (χ3n) is 5.20. The number of Topliss-reactive ketones (excluding diaryl/α,β-unsaturated/α-hetero) is 1. The molecule has 0 fully saturated rings. The van der Waals surface area contributed by atoms with E-state index >= 15 is 0 Å². The van der Waals surface area contributed by atoms with Crippen molar-refractivity contribution in [1.29, 1.82) is 0 Å². The maximum Gasteiger partial charge on any atom is 0.223 e. The molecule has 0 aliphatic carbocycles. The molecule has 0 aromatic heterocycles. The molecule has 0 bridgehead atoms. The van der Waals surface area contributed by atoms with E-state index in [1.807, 2.05) is 20.8 Å². The monoisotopic (exact) mass is 445 g/mol. The molecule has 0 aliphatic heterocycles. The third kappa shape index (κ3) is 4.91. The minimum atomic E-state index is -3.96. The minimum absolute atomic E-state index is 0.0841. The number of methoxy groups -OCH3 is 1. The van der Waals surface area contributed by atoms with Gasteiger partial charge in [0.1, 0.15) is 5.75 Å². The van der Waals surface area contributed by atoms with Gasteiger partial charge in [-0.15, -0.1) is 0 Å². The third-order valence-corrected chi connectivity index (χ3v) is 6.97. The average molecular weight is 446 g/mol. The highest BCUT2D eigenvalue weighted by atomic mass is 32.2. The first-order valence-corrected chi connectivity index (χ1v) is 11.3. The summed E-state index contributed by atoms with van der Waals surface area (Å²) in [6, 6.07) is 9.89. The number of ketones is 1. The van der Waals surface area contributed by atoms with E-state index in [4.69, 9.17) is 16.3 Å². The van der Waals surface area contributed by atoms with Crippen LogP contribution in [0.3, 0.4) is 0 Å². The van der Waals surface area contributed by atoms with Gasteiger partial charge in [0, 0.05) is 5.56 Å². The molecule has 8 heteroatoms. The lowest BCUT2D eigenvalue weighted by molar-refractivity contribution is 0.101. The predicted octanol–water partition coefficient (Wildman–Crippen LogP) is 3.81. The van der Waals surface area contributed by atoms with Crippen molar-refractivity contribution in [3.05, 3.63) is 63.8 Å². The molecule has 7 nitrogen and oxygen atoms in total. The number of aryl methyl sites for hydroxylation is 1. The summed E-state index contributed by atoms with van der Waals surface area (Å²) in [5, 5.41) is 0.792. The maximum atomic E-state index is 13.1. The molecule has 0 saturated heterocycles. The smallest absolute Gasteiger partial charge is 0.223 e. The molecule has 2 aromatic rings. The van der Waals surface area contributed by atoms with Crippen LogP contribution in [0.4, 0.5) is 5.69 Å². The van der Waals surface area contributed by atoms with Gasteiger partial charge in [-0.2, -0.15) is 0 Å². The molecular formula is C23H31N3O4S. The zero-order valence-electron chi connectivity index (χ0n) is 19.1. The van der Waals surface area contributed by atoms with Gasteiger partial charge in [0.25, 0.3) is 0 Å². The maximum absolute atomic E-state index is 13.1. The molecule has 168 valence electrons. The van der Waals surface area contributed by atoms with Gasteiger partial charge in [0.2, 0.25) is 9.84 Å². The minimum Gasteiger partial charge on any atom is -0.494 e. The molecule has 0 saturated carbocycles. The van der Waals surface area contributed by atoms with Crippen LogP contribution in [0.25, 0.3) is 0 Å². The Hall–Kier alpha value is -2.84. The van der Waals surface area contributed by atoms with Crippen molar-refractivity contribution in [3.63, 3.8) is 0 Å². The highest BCUT2D eigenvalue weighted by Gasteiger charge is 2.25. The lowest BCUT2D eigenvalue weighted by atomic mass is 9.87. The van der Waals surface area contributed by atoms with Crippen LogP contribution in [0.1, 0.15) is 56.1 Å². The number of benzene rings is 2. The topological polar surface area (TPSA) is 116 Å². The Morgan fingerprint density at radius 3 is 2.06 bits per heavy atom. The normalized spacial score (nSPS) is 12.9. The fourth-order valence-corrected chi connectivity index (χ4v) is 4.39. The second kappa shape index (κ2) is 8.72. The van der Waals surface area contributed by atoms with Gasteiger partial charge in [-0.05, 0) is 61.6 Å². The van der Waals surface area contributed by atoms with Crippen LogP contribution in [0, 0.1) is 6.92 Å². The molecule has 0 aliphatic rings. The van der Waals surface area contributed by atoms with E-state index in [0.29, 0.717) is 22.6 Å². The number of hydrogen-bond acceptors (Lipinski definition) is 7. The van der Waals surface area contributed by atoms with E-state index in [0.717, 1.165) is 10.6 Å². The summed E-state index contributed by atoms with van der Waals surface area (Å²) in [6.45, 7) is 10.9. The van der Waals surface area contributed by atoms with Gasteiger partial charge in [-0.25, -0.2) is 14.3 Å². The molecule has 2 aromatic carbocycles. The fourth-order valence-electron chi connectivity index (χ4n) is 3.16. The zero-order valence-corrected chi connectivity index (χ0v) is 19.9. The van der Waals surface area contributed by atoms with Crippen LogP contribution in [-0.2, 0) is 15.3 Å². The summed E-state index contributed by atoms with van der Waals surface area (Å²) in [4.78, 5) is 11.9. The number of hydrazine groups is 1. The summed E-state index contributed by atoms with van der Waals surface area (Å²) in [6.07, 6.45) is 0. The molecule has 0 heterocycles. The van der Waals surface area contributed by atoms with Crippen LogP contribution in [0.5, 0.6) is 5.75 Å². The predicted molar refractivity (Wildman–Crippen MR) is 124 cm³/mol. The van der Waals surface area contributed by atoms with Crippen LogP contribution in [0.2, 0.25) is 0 Å². The number of carbonyl (C=O) groups is 1. The Morgan fingerprint density at radius 2 is 1.61 bits per heavy atom. The lowest BCUT2D eigenvalue weighted by Crippen LogP contribution is -2.33. The molecule has 31 heavy (non-hydrogen) atoms. The van der Waals surface area contributed by atoms with Crippen molar-refractivity contribution >= 4 is 21.3 Å². The summed E-state index contributed by atoms with van der Waals surface area (Å²) in [5.74, 6) is 6.45. The Balaban J connectivity index is 2.52. The Labute approximate surface area is 184 Å². The van der Waals surface area contributed by atoms with Crippen molar-refractivity contribution < 1.29 is 17.9 Å². The summed E-state index contributed by atoms with van der Waals surface area (Å²) < 4.78 is 31.6. The summed E-state index contributed by atoms with van der Waals surface area (Å²) >= 11 is 0. The molecule has 0 atom stereocenters. The van der Waals surface area contributed by atoms with Crippen LogP contribution in [0.15, 0.2) is 52.0 Å². The van der Waals surface area contributed by atoms with Gasteiger partial charge in [-0.1, -0.05) is 32.9 Å². The number of rotatable bonds is 6. The van der Waals surface area contributed by atoms with Crippen molar-refractivity contribution in [1.82, 2.24) is 0 Å². The quantitative estimate of drug-likeness (QED) is 0.395. The van der Waals surface area contributed by atoms with E-state index in [-0.39, 0.29) is 26.8 Å². The second-order valence-electron chi connectivity index (χ2n) is 8.49. The molecule has 0 spiro atoms. The first kappa shape index (κ1) is 24.4. The molecule has 0 unspecified atom stereocenters. The van der Waals surface area contributed by atoms with E-state index in [1.54, 1.807) is 43.3 Å². The van der Waals surface area contributed by atoms with Crippen molar-refractivity contribution in [3.8, 4) is 5.75 Å². The molecule has 4 N–H and O–H groups in total. The van der Waals surface area contributed by atoms with E-state index in [2.05, 4.69) is 0 Å². The first-order chi connectivity index (χ1) is 14.2. The first-order valence-electron chi connectivity index (χ1n) is 9.78. The summed E-state index contributed by atoms with van der Waals surface area (Å²) in [7, 11) is -2.52. The second-order valence-corrected chi connectivity index (χ2v) is 10.4. The average Bonchev–Trinajstić information content (AvgIpc) is 2.71. The van der Waals surface area contributed by atoms with Gasteiger partial charge in [0.15, 0.2) is 10.8 Å². The van der Waals surface area contributed by atoms with Crippen LogP contribution < -0.4 is 21.3 Å². The van der Waals surface area contributed by atoms with Gasteiger partial charge >= 0.3 is 0 Å². The van der Waals surface area contributed by atoms with E-state index in [9.17, 15) is 13.2 Å². The number of sulfone groups is 1. The lowest BCUT2D eigenvalue weighted by Gasteiger charge is -2.24. The Bertz CT molecular complexity index is 1130. The number of hydrogen-bond donors (Lipinski definition) is 2. The highest BCUT2D eigenvalue weighted by molar-refractivity contribution is 7.95. The van der Waals surface area contributed by atoms with E-state index in [1.165, 1.54) is 21.0 Å². The number of anilines is 1. The van der Waals surface area contributed by atoms with E-state index < -0.39 is 9.84 Å². The van der Waals surface area contributed by atoms with Crippen LogP contribution in [-0.4, -0.2) is 21.3 Å². The largest absolute Gasteiger partial charge is 0.494 e.